The van der Waals surface area contributed by atoms with Crippen LogP contribution in [0.3, 0.4) is 0 Å². The van der Waals surface area contributed by atoms with Gasteiger partial charge in [0.1, 0.15) is 18.3 Å². The summed E-state index contributed by atoms with van der Waals surface area (Å²) >= 11 is 1.82. The van der Waals surface area contributed by atoms with Crippen LogP contribution in [0, 0.1) is 5.92 Å². The zero-order valence-corrected chi connectivity index (χ0v) is 14.0. The van der Waals surface area contributed by atoms with Crippen LogP contribution in [0.5, 0.6) is 0 Å². The second kappa shape index (κ2) is 6.68. The smallest absolute Gasteiger partial charge is 0.119 e. The van der Waals surface area contributed by atoms with Gasteiger partial charge in [0.15, 0.2) is 0 Å². The average Bonchev–Trinajstić information content (AvgIpc) is 3.25. The number of nitrogens with zero attached hydrogens (tertiary/aromatic N) is 4. The molecule has 2 saturated heterocycles. The van der Waals surface area contributed by atoms with Crippen LogP contribution < -0.4 is 0 Å². The Morgan fingerprint density at radius 1 is 1.35 bits per heavy atom. The molecule has 23 heavy (non-hydrogen) atoms. The lowest BCUT2D eigenvalue weighted by molar-refractivity contribution is -0.0562. The molecule has 2 aliphatic rings. The van der Waals surface area contributed by atoms with Crippen LogP contribution in [0.4, 0.5) is 0 Å². The summed E-state index contributed by atoms with van der Waals surface area (Å²) in [6.45, 7) is 6.10. The maximum Gasteiger partial charge on any atom is 0.119 e. The highest BCUT2D eigenvalue weighted by Gasteiger charge is 2.43. The number of rotatable bonds is 4. The van der Waals surface area contributed by atoms with Crippen LogP contribution in [0.25, 0.3) is 0 Å². The maximum absolute atomic E-state index is 6.25. The van der Waals surface area contributed by atoms with Gasteiger partial charge in [0.2, 0.25) is 0 Å². The van der Waals surface area contributed by atoms with E-state index in [0.29, 0.717) is 12.5 Å². The van der Waals surface area contributed by atoms with Crippen molar-refractivity contribution >= 4 is 11.3 Å². The standard InChI is InChI=1S/C16H22N4O2S/c1-2-15(23-5-1)8-19-3-4-21-11-16(10-19)6-14(9-22-16)7-20-12-17-18-13-20/h1-2,5,12-14H,3-4,6-11H2/t14-,16+/m1/s1. The number of ether oxygens (including phenoxy) is 2. The number of thiophene rings is 1. The Morgan fingerprint density at radius 3 is 3.09 bits per heavy atom. The Hall–Kier alpha value is -1.28. The Morgan fingerprint density at radius 2 is 2.26 bits per heavy atom. The van der Waals surface area contributed by atoms with E-state index in [1.54, 1.807) is 12.7 Å². The fraction of sp³-hybridized carbons (Fsp3) is 0.625. The first-order chi connectivity index (χ1) is 11.3. The third-order valence-corrected chi connectivity index (χ3v) is 5.47. The SMILES string of the molecule is c1csc(CN2CCOC[C@]3(C[C@H](Cn4cnnc4)CO3)C2)c1. The van der Waals surface area contributed by atoms with Gasteiger partial charge in [-0.15, -0.1) is 21.5 Å². The van der Waals surface area contributed by atoms with Crippen LogP contribution in [-0.2, 0) is 22.6 Å². The fourth-order valence-corrected chi connectivity index (χ4v) is 4.37. The van der Waals surface area contributed by atoms with Gasteiger partial charge in [-0.25, -0.2) is 0 Å². The highest BCUT2D eigenvalue weighted by Crippen LogP contribution is 2.34. The zero-order chi connectivity index (χ0) is 15.5. The second-order valence-electron chi connectivity index (χ2n) is 6.57. The van der Waals surface area contributed by atoms with Gasteiger partial charge >= 0.3 is 0 Å². The van der Waals surface area contributed by atoms with E-state index in [4.69, 9.17) is 9.47 Å². The van der Waals surface area contributed by atoms with E-state index in [0.717, 1.165) is 45.8 Å². The third-order valence-electron chi connectivity index (χ3n) is 4.61. The van der Waals surface area contributed by atoms with Gasteiger partial charge in [-0.05, 0) is 17.9 Å². The predicted octanol–water partition coefficient (Wildman–Crippen LogP) is 1.65. The van der Waals surface area contributed by atoms with E-state index >= 15 is 0 Å². The molecule has 1 spiro atoms. The van der Waals surface area contributed by atoms with Crippen molar-refractivity contribution in [3.63, 3.8) is 0 Å². The van der Waals surface area contributed by atoms with E-state index in [2.05, 4.69) is 32.6 Å². The van der Waals surface area contributed by atoms with Crippen molar-refractivity contribution in [1.82, 2.24) is 19.7 Å². The lowest BCUT2D eigenvalue weighted by Gasteiger charge is -2.31. The molecule has 4 rings (SSSR count). The number of aromatic nitrogens is 3. The van der Waals surface area contributed by atoms with Gasteiger partial charge in [-0.3, -0.25) is 4.90 Å². The van der Waals surface area contributed by atoms with E-state index < -0.39 is 0 Å². The van der Waals surface area contributed by atoms with Gasteiger partial charge in [-0.2, -0.15) is 0 Å². The van der Waals surface area contributed by atoms with Gasteiger partial charge in [0, 0.05) is 37.0 Å². The van der Waals surface area contributed by atoms with Gasteiger partial charge in [0.05, 0.1) is 19.8 Å². The Bertz CT molecular complexity index is 604. The molecular weight excluding hydrogens is 312 g/mol. The third kappa shape index (κ3) is 3.63. The lowest BCUT2D eigenvalue weighted by Crippen LogP contribution is -2.43. The first-order valence-electron chi connectivity index (χ1n) is 8.10. The molecule has 2 aliphatic heterocycles. The average molecular weight is 334 g/mol. The van der Waals surface area contributed by atoms with Crippen LogP contribution >= 0.6 is 11.3 Å². The van der Waals surface area contributed by atoms with Crippen molar-refractivity contribution in [3.05, 3.63) is 35.0 Å². The van der Waals surface area contributed by atoms with Gasteiger partial charge < -0.3 is 14.0 Å². The van der Waals surface area contributed by atoms with Crippen LogP contribution in [0.1, 0.15) is 11.3 Å². The molecule has 6 nitrogen and oxygen atoms in total. The summed E-state index contributed by atoms with van der Waals surface area (Å²) in [5.41, 5.74) is -0.160. The summed E-state index contributed by atoms with van der Waals surface area (Å²) in [5, 5.41) is 9.89. The monoisotopic (exact) mass is 334 g/mol. The first-order valence-corrected chi connectivity index (χ1v) is 8.98. The maximum atomic E-state index is 6.25. The van der Waals surface area contributed by atoms with Crippen LogP contribution in [0.15, 0.2) is 30.2 Å². The summed E-state index contributed by atoms with van der Waals surface area (Å²) in [6.07, 6.45) is 4.58. The van der Waals surface area contributed by atoms with Crippen LogP contribution in [0.2, 0.25) is 0 Å². The Labute approximate surface area is 140 Å². The molecule has 0 unspecified atom stereocenters. The highest BCUT2D eigenvalue weighted by atomic mass is 32.1. The normalized spacial score (nSPS) is 29.1. The minimum Gasteiger partial charge on any atom is -0.377 e. The molecule has 2 aromatic heterocycles. The molecule has 0 bridgehead atoms. The van der Waals surface area contributed by atoms with Gasteiger partial charge in [-0.1, -0.05) is 6.07 Å². The molecule has 2 fully saturated rings. The molecule has 2 atom stereocenters. The molecule has 2 aromatic rings. The molecule has 4 heterocycles. The summed E-state index contributed by atoms with van der Waals surface area (Å²) < 4.78 is 14.2. The van der Waals surface area contributed by atoms with Gasteiger partial charge in [0.25, 0.3) is 0 Å². The lowest BCUT2D eigenvalue weighted by atomic mass is 9.94. The Kier molecular flexibility index (Phi) is 4.43. The molecule has 0 N–H and O–H groups in total. The minimum atomic E-state index is -0.160. The molecule has 0 aliphatic carbocycles. The number of hydrogen-bond acceptors (Lipinski definition) is 6. The molecule has 7 heteroatoms. The predicted molar refractivity (Wildman–Crippen MR) is 87.2 cm³/mol. The van der Waals surface area contributed by atoms with Crippen molar-refractivity contribution in [3.8, 4) is 0 Å². The highest BCUT2D eigenvalue weighted by molar-refractivity contribution is 7.09. The van der Waals surface area contributed by atoms with E-state index in [-0.39, 0.29) is 5.60 Å². The molecule has 0 amide bonds. The van der Waals surface area contributed by atoms with Crippen molar-refractivity contribution < 1.29 is 9.47 Å². The zero-order valence-electron chi connectivity index (χ0n) is 13.1. The summed E-state index contributed by atoms with van der Waals surface area (Å²) in [6, 6.07) is 4.32. The van der Waals surface area contributed by atoms with Crippen molar-refractivity contribution in [2.24, 2.45) is 5.92 Å². The van der Waals surface area contributed by atoms with E-state index in [1.165, 1.54) is 4.88 Å². The summed E-state index contributed by atoms with van der Waals surface area (Å²) in [4.78, 5) is 3.88. The van der Waals surface area contributed by atoms with E-state index in [9.17, 15) is 0 Å². The topological polar surface area (TPSA) is 52.4 Å². The molecule has 0 aromatic carbocycles. The molecule has 124 valence electrons. The molecule has 0 saturated carbocycles. The fourth-order valence-electron chi connectivity index (χ4n) is 3.62. The van der Waals surface area contributed by atoms with Crippen LogP contribution in [-0.4, -0.2) is 58.2 Å². The first kappa shape index (κ1) is 15.3. The molecule has 0 radical (unpaired) electrons. The largest absolute Gasteiger partial charge is 0.377 e. The Balaban J connectivity index is 1.40. The van der Waals surface area contributed by atoms with Crippen molar-refractivity contribution in [2.45, 2.75) is 25.1 Å². The summed E-state index contributed by atoms with van der Waals surface area (Å²) in [7, 11) is 0. The second-order valence-corrected chi connectivity index (χ2v) is 7.60. The van der Waals surface area contributed by atoms with E-state index in [1.807, 2.05) is 15.9 Å². The summed E-state index contributed by atoms with van der Waals surface area (Å²) in [5.74, 6) is 0.497. The molecular formula is C16H22N4O2S. The van der Waals surface area contributed by atoms with Crippen molar-refractivity contribution in [1.29, 1.82) is 0 Å². The van der Waals surface area contributed by atoms with Crippen molar-refractivity contribution in [2.75, 3.05) is 32.9 Å². The minimum absolute atomic E-state index is 0.160. The quantitative estimate of drug-likeness (QED) is 0.851. The number of hydrogen-bond donors (Lipinski definition) is 0.